The highest BCUT2D eigenvalue weighted by atomic mass is 79.9. The first-order chi connectivity index (χ1) is 9.63. The highest BCUT2D eigenvalue weighted by Crippen LogP contribution is 2.39. The van der Waals surface area contributed by atoms with Gasteiger partial charge in [-0.2, -0.15) is 14.7 Å². The van der Waals surface area contributed by atoms with E-state index in [1.807, 2.05) is 22.3 Å². The van der Waals surface area contributed by atoms with Gasteiger partial charge >= 0.3 is 0 Å². The molecule has 0 amide bonds. The number of rotatable bonds is 3. The van der Waals surface area contributed by atoms with Crippen LogP contribution in [-0.2, 0) is 0 Å². The van der Waals surface area contributed by atoms with Crippen molar-refractivity contribution in [2.45, 2.75) is 38.6 Å². The first kappa shape index (κ1) is 12.5. The van der Waals surface area contributed by atoms with Crippen LogP contribution in [-0.4, -0.2) is 29.6 Å². The minimum absolute atomic E-state index is 0.0961. The predicted octanol–water partition coefficient (Wildman–Crippen LogP) is 2.94. The summed E-state index contributed by atoms with van der Waals surface area (Å²) in [4.78, 5) is 0.872. The van der Waals surface area contributed by atoms with Gasteiger partial charge in [-0.25, -0.2) is 0 Å². The Morgan fingerprint density at radius 2 is 2.15 bits per heavy atom. The van der Waals surface area contributed by atoms with E-state index in [4.69, 9.17) is 0 Å². The molecule has 0 saturated heterocycles. The van der Waals surface area contributed by atoms with Gasteiger partial charge in [-0.3, -0.25) is 4.68 Å². The Morgan fingerprint density at radius 3 is 2.80 bits per heavy atom. The van der Waals surface area contributed by atoms with Crippen LogP contribution in [0.15, 0.2) is 10.7 Å². The van der Waals surface area contributed by atoms with E-state index < -0.39 is 0 Å². The second-order valence-corrected chi connectivity index (χ2v) is 7.03. The van der Waals surface area contributed by atoms with Crippen LogP contribution in [0.2, 0.25) is 0 Å². The van der Waals surface area contributed by atoms with Crippen molar-refractivity contribution in [3.8, 4) is 0 Å². The third-order valence-electron chi connectivity index (χ3n) is 3.58. The van der Waals surface area contributed by atoms with Gasteiger partial charge in [0.05, 0.1) is 10.2 Å². The van der Waals surface area contributed by atoms with Crippen molar-refractivity contribution in [1.82, 2.24) is 29.6 Å². The Balaban J connectivity index is 1.73. The molecule has 8 heteroatoms. The molecule has 3 heterocycles. The second-order valence-electron chi connectivity index (χ2n) is 5.19. The maximum atomic E-state index is 4.68. The molecule has 1 atom stereocenters. The number of aryl methyl sites for hydroxylation is 1. The maximum absolute atomic E-state index is 4.68. The van der Waals surface area contributed by atoms with Crippen molar-refractivity contribution in [2.24, 2.45) is 0 Å². The van der Waals surface area contributed by atoms with Crippen LogP contribution in [0.25, 0.3) is 4.96 Å². The summed E-state index contributed by atoms with van der Waals surface area (Å²) in [5, 5.41) is 18.7. The van der Waals surface area contributed by atoms with Gasteiger partial charge < -0.3 is 0 Å². The molecular weight excluding hydrogens is 340 g/mol. The van der Waals surface area contributed by atoms with E-state index in [-0.39, 0.29) is 6.04 Å². The SMILES string of the molecule is Cc1nn(C(C)c2nn3c(C4CC4)nnc3s2)cc1Br. The van der Waals surface area contributed by atoms with Crippen LogP contribution in [0.5, 0.6) is 0 Å². The molecule has 20 heavy (non-hydrogen) atoms. The average Bonchev–Trinajstić information content (AvgIpc) is 2.91. The zero-order valence-corrected chi connectivity index (χ0v) is 13.5. The Morgan fingerprint density at radius 1 is 1.35 bits per heavy atom. The van der Waals surface area contributed by atoms with Crippen molar-refractivity contribution in [1.29, 1.82) is 0 Å². The number of nitrogens with zero attached hydrogens (tertiary/aromatic N) is 6. The average molecular weight is 353 g/mol. The van der Waals surface area contributed by atoms with Gasteiger partial charge in [0.25, 0.3) is 0 Å². The Labute approximate surface area is 128 Å². The van der Waals surface area contributed by atoms with Crippen molar-refractivity contribution in [3.05, 3.63) is 27.2 Å². The molecule has 3 aromatic heterocycles. The van der Waals surface area contributed by atoms with Crippen LogP contribution in [0, 0.1) is 6.92 Å². The first-order valence-electron chi connectivity index (χ1n) is 6.57. The monoisotopic (exact) mass is 352 g/mol. The van der Waals surface area contributed by atoms with E-state index in [1.165, 1.54) is 12.8 Å². The molecule has 0 aliphatic heterocycles. The first-order valence-corrected chi connectivity index (χ1v) is 8.17. The summed E-state index contributed by atoms with van der Waals surface area (Å²) in [5.74, 6) is 1.56. The summed E-state index contributed by atoms with van der Waals surface area (Å²) in [6.45, 7) is 4.08. The van der Waals surface area contributed by atoms with Crippen molar-refractivity contribution < 1.29 is 0 Å². The number of aromatic nitrogens is 6. The number of halogens is 1. The lowest BCUT2D eigenvalue weighted by molar-refractivity contribution is 0.549. The molecule has 0 aromatic carbocycles. The number of fused-ring (bicyclic) bond motifs is 1. The minimum atomic E-state index is 0.0961. The summed E-state index contributed by atoms with van der Waals surface area (Å²) < 4.78 is 4.85. The molecule has 0 spiro atoms. The second kappa shape index (κ2) is 4.36. The van der Waals surface area contributed by atoms with Gasteiger partial charge in [-0.15, -0.1) is 10.2 Å². The van der Waals surface area contributed by atoms with Crippen LogP contribution < -0.4 is 0 Å². The third kappa shape index (κ3) is 1.89. The fourth-order valence-electron chi connectivity index (χ4n) is 2.18. The summed E-state index contributed by atoms with van der Waals surface area (Å²) in [5.41, 5.74) is 0.985. The standard InChI is InChI=1S/C12H13BrN6S/c1-6-9(13)5-18(16-6)7(2)11-17-19-10(8-3-4-8)14-15-12(19)20-11/h5,7-8H,3-4H2,1-2H3. The largest absolute Gasteiger partial charge is 0.262 e. The number of hydrogen-bond donors (Lipinski definition) is 0. The molecule has 1 aliphatic rings. The third-order valence-corrected chi connectivity index (χ3v) is 5.43. The van der Waals surface area contributed by atoms with Gasteiger partial charge in [0.2, 0.25) is 4.96 Å². The molecule has 4 rings (SSSR count). The normalized spacial score (nSPS) is 16.9. The molecule has 1 unspecified atom stereocenters. The summed E-state index contributed by atoms with van der Waals surface area (Å²) in [6, 6.07) is 0.0961. The lowest BCUT2D eigenvalue weighted by Crippen LogP contribution is -2.08. The van der Waals surface area contributed by atoms with Crippen molar-refractivity contribution >= 4 is 32.2 Å². The van der Waals surface area contributed by atoms with Crippen molar-refractivity contribution in [2.75, 3.05) is 0 Å². The van der Waals surface area contributed by atoms with Gasteiger partial charge in [0.15, 0.2) is 5.82 Å². The predicted molar refractivity (Wildman–Crippen MR) is 79.1 cm³/mol. The minimum Gasteiger partial charge on any atom is -0.262 e. The molecule has 3 aromatic rings. The van der Waals surface area contributed by atoms with E-state index >= 15 is 0 Å². The van der Waals surface area contributed by atoms with Gasteiger partial charge in [0.1, 0.15) is 11.0 Å². The number of hydrogen-bond acceptors (Lipinski definition) is 5. The van der Waals surface area contributed by atoms with Crippen LogP contribution in [0.3, 0.4) is 0 Å². The van der Waals surface area contributed by atoms with E-state index in [1.54, 1.807) is 11.3 Å². The highest BCUT2D eigenvalue weighted by Gasteiger charge is 2.30. The fraction of sp³-hybridized carbons (Fsp3) is 0.500. The molecule has 1 saturated carbocycles. The molecule has 0 N–H and O–H groups in total. The van der Waals surface area contributed by atoms with Crippen LogP contribution in [0.4, 0.5) is 0 Å². The van der Waals surface area contributed by atoms with Crippen LogP contribution in [0.1, 0.15) is 48.3 Å². The van der Waals surface area contributed by atoms with Gasteiger partial charge in [0, 0.05) is 12.1 Å². The fourth-order valence-corrected chi connectivity index (χ4v) is 3.36. The topological polar surface area (TPSA) is 60.9 Å². The van der Waals surface area contributed by atoms with E-state index in [0.717, 1.165) is 26.0 Å². The molecule has 104 valence electrons. The van der Waals surface area contributed by atoms with Gasteiger partial charge in [-0.05, 0) is 42.6 Å². The smallest absolute Gasteiger partial charge is 0.234 e. The molecule has 0 radical (unpaired) electrons. The molecular formula is C12H13BrN6S. The zero-order chi connectivity index (χ0) is 13.9. The van der Waals surface area contributed by atoms with E-state index in [9.17, 15) is 0 Å². The maximum Gasteiger partial charge on any atom is 0.234 e. The Bertz CT molecular complexity index is 764. The van der Waals surface area contributed by atoms with Gasteiger partial charge in [-0.1, -0.05) is 11.3 Å². The van der Waals surface area contributed by atoms with Crippen LogP contribution >= 0.6 is 27.3 Å². The molecule has 0 bridgehead atoms. The quantitative estimate of drug-likeness (QED) is 0.726. The summed E-state index contributed by atoms with van der Waals surface area (Å²) in [6.07, 6.45) is 4.40. The molecule has 1 fully saturated rings. The molecule has 1 aliphatic carbocycles. The molecule has 6 nitrogen and oxygen atoms in total. The Kier molecular flexibility index (Phi) is 2.71. The van der Waals surface area contributed by atoms with E-state index in [2.05, 4.69) is 43.2 Å². The van der Waals surface area contributed by atoms with Crippen molar-refractivity contribution in [3.63, 3.8) is 0 Å². The lowest BCUT2D eigenvalue weighted by atomic mass is 10.4. The zero-order valence-electron chi connectivity index (χ0n) is 11.1. The summed E-state index contributed by atoms with van der Waals surface area (Å²) >= 11 is 5.08. The summed E-state index contributed by atoms with van der Waals surface area (Å²) in [7, 11) is 0. The Hall–Kier alpha value is -1.28. The lowest BCUT2D eigenvalue weighted by Gasteiger charge is -2.07. The van der Waals surface area contributed by atoms with E-state index in [0.29, 0.717) is 5.92 Å². The highest BCUT2D eigenvalue weighted by molar-refractivity contribution is 9.10.